The van der Waals surface area contributed by atoms with Crippen molar-refractivity contribution < 1.29 is 5.11 Å². The molecule has 0 aliphatic rings. The van der Waals surface area contributed by atoms with Crippen LogP contribution >= 0.6 is 0 Å². The standard InChI is InChI=1S/C25H37NO/c1-22(27)14-10-7-5-3-2-4-6-8-11-15-23-18-20-25(21-19-23)26-24-16-12-9-13-17-24/h9,12-13,16-22,26-27H,2-8,10-11,14-15H2,1H3. The monoisotopic (exact) mass is 367 g/mol. The molecule has 148 valence electrons. The van der Waals surface area contributed by atoms with Gasteiger partial charge in [0.05, 0.1) is 6.10 Å². The lowest BCUT2D eigenvalue weighted by Gasteiger charge is -2.08. The molecule has 0 amide bonds. The second-order valence-electron chi connectivity index (χ2n) is 7.76. The van der Waals surface area contributed by atoms with Gasteiger partial charge in [0, 0.05) is 11.4 Å². The normalized spacial score (nSPS) is 12.1. The molecule has 0 fully saturated rings. The van der Waals surface area contributed by atoms with Crippen LogP contribution in [-0.4, -0.2) is 11.2 Å². The molecule has 27 heavy (non-hydrogen) atoms. The number of aryl methyl sites for hydroxylation is 1. The average Bonchev–Trinajstić information content (AvgIpc) is 2.68. The first-order valence-electron chi connectivity index (χ1n) is 10.8. The summed E-state index contributed by atoms with van der Waals surface area (Å²) in [5, 5.41) is 12.7. The first kappa shape index (κ1) is 21.5. The third-order valence-electron chi connectivity index (χ3n) is 5.10. The molecule has 0 aliphatic carbocycles. The maximum absolute atomic E-state index is 9.23. The van der Waals surface area contributed by atoms with Gasteiger partial charge in [-0.3, -0.25) is 0 Å². The molecule has 0 saturated heterocycles. The Morgan fingerprint density at radius 1 is 0.667 bits per heavy atom. The number of aliphatic hydroxyl groups excluding tert-OH is 1. The van der Waals surface area contributed by atoms with E-state index in [1.807, 2.05) is 13.0 Å². The highest BCUT2D eigenvalue weighted by Crippen LogP contribution is 2.18. The van der Waals surface area contributed by atoms with Gasteiger partial charge in [0.1, 0.15) is 0 Å². The molecule has 2 aromatic rings. The molecular weight excluding hydrogens is 330 g/mol. The largest absolute Gasteiger partial charge is 0.393 e. The lowest BCUT2D eigenvalue weighted by Crippen LogP contribution is -1.98. The van der Waals surface area contributed by atoms with E-state index in [1.165, 1.54) is 69.8 Å². The van der Waals surface area contributed by atoms with Crippen molar-refractivity contribution in [2.24, 2.45) is 0 Å². The van der Waals surface area contributed by atoms with Gasteiger partial charge in [-0.15, -0.1) is 0 Å². The molecule has 0 saturated carbocycles. The molecule has 0 spiro atoms. The third-order valence-corrected chi connectivity index (χ3v) is 5.10. The van der Waals surface area contributed by atoms with Crippen LogP contribution in [0.15, 0.2) is 54.6 Å². The van der Waals surface area contributed by atoms with Crippen molar-refractivity contribution in [3.63, 3.8) is 0 Å². The number of para-hydroxylation sites is 1. The fourth-order valence-electron chi connectivity index (χ4n) is 3.45. The van der Waals surface area contributed by atoms with Gasteiger partial charge in [-0.25, -0.2) is 0 Å². The summed E-state index contributed by atoms with van der Waals surface area (Å²) in [6.07, 6.45) is 13.9. The molecule has 2 heteroatoms. The number of anilines is 2. The molecular formula is C25H37NO. The Balaban J connectivity index is 1.47. The highest BCUT2D eigenvalue weighted by atomic mass is 16.3. The molecule has 2 rings (SSSR count). The second kappa shape index (κ2) is 13.4. The number of hydrogen-bond donors (Lipinski definition) is 2. The Bertz CT molecular complexity index is 591. The van der Waals surface area contributed by atoms with Crippen molar-refractivity contribution in [2.45, 2.75) is 83.7 Å². The Kier molecular flexibility index (Phi) is 10.7. The number of aliphatic hydroxyl groups is 1. The minimum atomic E-state index is -0.124. The predicted octanol–water partition coefficient (Wildman–Crippen LogP) is 7.25. The highest BCUT2D eigenvalue weighted by Gasteiger charge is 1.98. The van der Waals surface area contributed by atoms with Crippen molar-refractivity contribution in [3.05, 3.63) is 60.2 Å². The van der Waals surface area contributed by atoms with E-state index in [0.29, 0.717) is 0 Å². The highest BCUT2D eigenvalue weighted by molar-refractivity contribution is 5.59. The van der Waals surface area contributed by atoms with Crippen LogP contribution in [0.5, 0.6) is 0 Å². The van der Waals surface area contributed by atoms with Crippen LogP contribution in [0, 0.1) is 0 Å². The Labute approximate surface area is 166 Å². The van der Waals surface area contributed by atoms with Gasteiger partial charge in [0.15, 0.2) is 0 Å². The maximum Gasteiger partial charge on any atom is 0.0512 e. The zero-order valence-corrected chi connectivity index (χ0v) is 17.0. The first-order chi connectivity index (χ1) is 13.2. The quantitative estimate of drug-likeness (QED) is 0.344. The van der Waals surface area contributed by atoms with Crippen LogP contribution in [0.4, 0.5) is 11.4 Å². The molecule has 1 atom stereocenters. The maximum atomic E-state index is 9.23. The van der Waals surface area contributed by atoms with Gasteiger partial charge in [-0.05, 0) is 56.0 Å². The minimum Gasteiger partial charge on any atom is -0.393 e. The van der Waals surface area contributed by atoms with E-state index in [9.17, 15) is 5.11 Å². The van der Waals surface area contributed by atoms with E-state index in [1.54, 1.807) is 0 Å². The lowest BCUT2D eigenvalue weighted by molar-refractivity contribution is 0.180. The third kappa shape index (κ3) is 10.2. The Morgan fingerprint density at radius 3 is 1.78 bits per heavy atom. The van der Waals surface area contributed by atoms with Crippen molar-refractivity contribution in [2.75, 3.05) is 5.32 Å². The van der Waals surface area contributed by atoms with Gasteiger partial charge < -0.3 is 10.4 Å². The number of rotatable bonds is 14. The molecule has 0 bridgehead atoms. The number of unbranched alkanes of at least 4 members (excludes halogenated alkanes) is 8. The molecule has 2 nitrogen and oxygen atoms in total. The van der Waals surface area contributed by atoms with Crippen LogP contribution in [0.25, 0.3) is 0 Å². The average molecular weight is 368 g/mol. The fourth-order valence-corrected chi connectivity index (χ4v) is 3.45. The number of benzene rings is 2. The second-order valence-corrected chi connectivity index (χ2v) is 7.76. The Morgan fingerprint density at radius 2 is 1.19 bits per heavy atom. The van der Waals surface area contributed by atoms with Crippen LogP contribution in [-0.2, 0) is 6.42 Å². The lowest BCUT2D eigenvalue weighted by atomic mass is 10.0. The van der Waals surface area contributed by atoms with Crippen LogP contribution in [0.1, 0.15) is 76.7 Å². The predicted molar refractivity (Wildman–Crippen MR) is 118 cm³/mol. The molecule has 1 unspecified atom stereocenters. The van der Waals surface area contributed by atoms with Gasteiger partial charge in [-0.1, -0.05) is 81.7 Å². The van der Waals surface area contributed by atoms with Crippen molar-refractivity contribution in [1.29, 1.82) is 0 Å². The SMILES string of the molecule is CC(O)CCCCCCCCCCCc1ccc(Nc2ccccc2)cc1. The summed E-state index contributed by atoms with van der Waals surface area (Å²) >= 11 is 0. The molecule has 0 heterocycles. The van der Waals surface area contributed by atoms with Crippen LogP contribution in [0.2, 0.25) is 0 Å². The molecule has 2 aromatic carbocycles. The van der Waals surface area contributed by atoms with Crippen molar-refractivity contribution >= 4 is 11.4 Å². The molecule has 0 radical (unpaired) electrons. The summed E-state index contributed by atoms with van der Waals surface area (Å²) in [6.45, 7) is 1.88. The van der Waals surface area contributed by atoms with E-state index in [0.717, 1.165) is 17.8 Å². The topological polar surface area (TPSA) is 32.3 Å². The first-order valence-corrected chi connectivity index (χ1v) is 10.8. The summed E-state index contributed by atoms with van der Waals surface area (Å²) in [4.78, 5) is 0. The van der Waals surface area contributed by atoms with Gasteiger partial charge in [0.25, 0.3) is 0 Å². The van der Waals surface area contributed by atoms with Gasteiger partial charge >= 0.3 is 0 Å². The zero-order valence-electron chi connectivity index (χ0n) is 17.0. The van der Waals surface area contributed by atoms with E-state index < -0.39 is 0 Å². The van der Waals surface area contributed by atoms with Gasteiger partial charge in [-0.2, -0.15) is 0 Å². The summed E-state index contributed by atoms with van der Waals surface area (Å²) < 4.78 is 0. The van der Waals surface area contributed by atoms with E-state index >= 15 is 0 Å². The zero-order chi connectivity index (χ0) is 19.2. The molecule has 2 N–H and O–H groups in total. The fraction of sp³-hybridized carbons (Fsp3) is 0.520. The summed E-state index contributed by atoms with van der Waals surface area (Å²) in [5.41, 5.74) is 3.72. The number of nitrogens with one attached hydrogen (secondary N) is 1. The summed E-state index contributed by atoms with van der Waals surface area (Å²) in [5.74, 6) is 0. The molecule has 0 aromatic heterocycles. The van der Waals surface area contributed by atoms with Gasteiger partial charge in [0.2, 0.25) is 0 Å². The van der Waals surface area contributed by atoms with Crippen LogP contribution in [0.3, 0.4) is 0 Å². The minimum absolute atomic E-state index is 0.124. The van der Waals surface area contributed by atoms with Crippen molar-refractivity contribution in [3.8, 4) is 0 Å². The smallest absolute Gasteiger partial charge is 0.0512 e. The Hall–Kier alpha value is -1.80. The number of hydrogen-bond acceptors (Lipinski definition) is 2. The summed E-state index contributed by atoms with van der Waals surface area (Å²) in [6, 6.07) is 19.2. The molecule has 0 aliphatic heterocycles. The van der Waals surface area contributed by atoms with Crippen LogP contribution < -0.4 is 5.32 Å². The van der Waals surface area contributed by atoms with E-state index in [4.69, 9.17) is 0 Å². The van der Waals surface area contributed by atoms with Crippen molar-refractivity contribution in [1.82, 2.24) is 0 Å². The van der Waals surface area contributed by atoms with E-state index in [-0.39, 0.29) is 6.10 Å². The van der Waals surface area contributed by atoms with E-state index in [2.05, 4.69) is 53.8 Å². The summed E-state index contributed by atoms with van der Waals surface area (Å²) in [7, 11) is 0.